The highest BCUT2D eigenvalue weighted by Crippen LogP contribution is 2.48. The Hall–Kier alpha value is -2.14. The normalized spacial score (nSPS) is 22.4. The van der Waals surface area contributed by atoms with E-state index in [1.165, 1.54) is 10.6 Å². The average Bonchev–Trinajstić information content (AvgIpc) is 3.06. The van der Waals surface area contributed by atoms with Crippen molar-refractivity contribution < 1.29 is 4.74 Å². The monoisotopic (exact) mass is 297 g/mol. The minimum absolute atomic E-state index is 0.374. The Morgan fingerprint density at radius 1 is 1.14 bits per heavy atom. The maximum atomic E-state index is 5.24. The molecule has 0 amide bonds. The number of benzene rings is 2. The summed E-state index contributed by atoms with van der Waals surface area (Å²) >= 11 is 1.70. The van der Waals surface area contributed by atoms with Crippen molar-refractivity contribution in [2.45, 2.75) is 17.5 Å². The number of amidine groups is 1. The number of rotatable bonds is 2. The number of ether oxygens (including phenoxy) is 1. The third kappa shape index (κ3) is 1.74. The molecule has 2 aromatic carbocycles. The van der Waals surface area contributed by atoms with E-state index in [1.807, 2.05) is 12.1 Å². The van der Waals surface area contributed by atoms with Crippen molar-refractivity contribution in [3.63, 3.8) is 0 Å². The predicted molar refractivity (Wildman–Crippen MR) is 85.7 cm³/mol. The number of hydrazone groups is 1. The minimum Gasteiger partial charge on any atom is -0.497 e. The van der Waals surface area contributed by atoms with Gasteiger partial charge in [0, 0.05) is 4.90 Å². The molecule has 2 heterocycles. The molecule has 0 spiro atoms. The number of para-hydroxylation sites is 1. The first kappa shape index (κ1) is 12.6. The lowest BCUT2D eigenvalue weighted by Gasteiger charge is -2.34. The fourth-order valence-electron chi connectivity index (χ4n) is 2.80. The molecule has 0 saturated heterocycles. The minimum atomic E-state index is -0.374. The summed E-state index contributed by atoms with van der Waals surface area (Å²) in [7, 11) is 1.68. The number of methoxy groups -OCH3 is 1. The zero-order valence-corrected chi connectivity index (χ0v) is 12.6. The van der Waals surface area contributed by atoms with Crippen LogP contribution in [0.5, 0.6) is 5.75 Å². The largest absolute Gasteiger partial charge is 0.497 e. The summed E-state index contributed by atoms with van der Waals surface area (Å²) in [5, 5.41) is 5.50. The Morgan fingerprint density at radius 3 is 2.67 bits per heavy atom. The molecule has 5 heteroatoms. The number of nitrogens with one attached hydrogen (secondary N) is 1. The number of thioether (sulfide) groups is 1. The molecule has 1 atom stereocenters. The number of hydrogen-bond donors (Lipinski definition) is 1. The van der Waals surface area contributed by atoms with Gasteiger partial charge in [-0.1, -0.05) is 24.3 Å². The van der Waals surface area contributed by atoms with Gasteiger partial charge in [-0.2, -0.15) is 5.10 Å². The van der Waals surface area contributed by atoms with Gasteiger partial charge in [0.1, 0.15) is 5.75 Å². The van der Waals surface area contributed by atoms with Gasteiger partial charge in [0.25, 0.3) is 0 Å². The van der Waals surface area contributed by atoms with Crippen LogP contribution >= 0.6 is 11.8 Å². The summed E-state index contributed by atoms with van der Waals surface area (Å²) in [4.78, 5) is 3.51. The van der Waals surface area contributed by atoms with E-state index in [-0.39, 0.29) is 5.66 Å². The van der Waals surface area contributed by atoms with Crippen LogP contribution in [0.4, 0.5) is 5.69 Å². The molecule has 0 aromatic heterocycles. The van der Waals surface area contributed by atoms with Gasteiger partial charge in [-0.25, -0.2) is 0 Å². The summed E-state index contributed by atoms with van der Waals surface area (Å²) in [5.74, 6) is 0.859. The zero-order chi connectivity index (χ0) is 14.4. The molecule has 0 unspecified atom stereocenters. The SMILES string of the molecule is COc1ccc([C@]2(C)NN=C3Sc4ccccc4N32)cc1. The molecular weight excluding hydrogens is 282 g/mol. The average molecular weight is 297 g/mol. The van der Waals surface area contributed by atoms with Gasteiger partial charge in [-0.3, -0.25) is 10.3 Å². The molecule has 106 valence electrons. The number of anilines is 1. The molecule has 0 bridgehead atoms. The molecule has 1 N–H and O–H groups in total. The lowest BCUT2D eigenvalue weighted by atomic mass is 10.00. The molecule has 0 fully saturated rings. The fourth-order valence-corrected chi connectivity index (χ4v) is 3.87. The molecule has 21 heavy (non-hydrogen) atoms. The van der Waals surface area contributed by atoms with Crippen LogP contribution in [0, 0.1) is 0 Å². The van der Waals surface area contributed by atoms with Gasteiger partial charge < -0.3 is 4.74 Å². The van der Waals surface area contributed by atoms with Crippen molar-refractivity contribution in [1.82, 2.24) is 5.43 Å². The quantitative estimate of drug-likeness (QED) is 0.922. The molecule has 2 aliphatic heterocycles. The highest BCUT2D eigenvalue weighted by molar-refractivity contribution is 8.14. The molecular formula is C16H15N3OS. The summed E-state index contributed by atoms with van der Waals surface area (Å²) in [5.41, 5.74) is 5.26. The first-order valence-electron chi connectivity index (χ1n) is 6.79. The van der Waals surface area contributed by atoms with Crippen LogP contribution in [0.15, 0.2) is 58.5 Å². The lowest BCUT2D eigenvalue weighted by molar-refractivity contribution is 0.408. The first-order valence-corrected chi connectivity index (χ1v) is 7.60. The van der Waals surface area contributed by atoms with Gasteiger partial charge in [0.2, 0.25) is 0 Å². The van der Waals surface area contributed by atoms with Crippen molar-refractivity contribution in [3.8, 4) is 5.75 Å². The van der Waals surface area contributed by atoms with Crippen molar-refractivity contribution in [2.75, 3.05) is 12.0 Å². The van der Waals surface area contributed by atoms with Crippen LogP contribution in [-0.4, -0.2) is 12.3 Å². The molecule has 4 rings (SSSR count). The van der Waals surface area contributed by atoms with Gasteiger partial charge in [0.05, 0.1) is 12.8 Å². The smallest absolute Gasteiger partial charge is 0.194 e. The third-order valence-corrected chi connectivity index (χ3v) is 4.99. The zero-order valence-electron chi connectivity index (χ0n) is 11.8. The highest BCUT2D eigenvalue weighted by Gasteiger charge is 2.46. The number of nitrogens with zero attached hydrogens (tertiary/aromatic N) is 2. The van der Waals surface area contributed by atoms with Gasteiger partial charge >= 0.3 is 0 Å². The van der Waals surface area contributed by atoms with Gasteiger partial charge in [-0.05, 0) is 48.5 Å². The molecule has 0 radical (unpaired) electrons. The Kier molecular flexibility index (Phi) is 2.65. The molecule has 2 aliphatic rings. The number of hydrogen-bond acceptors (Lipinski definition) is 5. The molecule has 0 aliphatic carbocycles. The maximum Gasteiger partial charge on any atom is 0.194 e. The van der Waals surface area contributed by atoms with E-state index in [1.54, 1.807) is 18.9 Å². The second kappa shape index (κ2) is 4.43. The standard InChI is InChI=1S/C16H15N3OS/c1-16(11-7-9-12(20-2)10-8-11)18-17-15-19(16)13-5-3-4-6-14(13)21-15/h3-10,18H,1-2H3/t16-/m1/s1. The third-order valence-electron chi connectivity index (χ3n) is 3.97. The van der Waals surface area contributed by atoms with E-state index in [2.05, 4.69) is 58.7 Å². The van der Waals surface area contributed by atoms with Crippen LogP contribution in [0.1, 0.15) is 12.5 Å². The van der Waals surface area contributed by atoms with Crippen molar-refractivity contribution in [1.29, 1.82) is 0 Å². The lowest BCUT2D eigenvalue weighted by Crippen LogP contribution is -2.47. The highest BCUT2D eigenvalue weighted by atomic mass is 32.2. The Bertz CT molecular complexity index is 729. The van der Waals surface area contributed by atoms with E-state index >= 15 is 0 Å². The topological polar surface area (TPSA) is 36.9 Å². The van der Waals surface area contributed by atoms with E-state index in [4.69, 9.17) is 4.74 Å². The Balaban J connectivity index is 1.79. The summed E-state index contributed by atoms with van der Waals surface area (Å²) in [6.07, 6.45) is 0. The van der Waals surface area contributed by atoms with Crippen molar-refractivity contribution in [3.05, 3.63) is 54.1 Å². The van der Waals surface area contributed by atoms with Gasteiger partial charge in [-0.15, -0.1) is 0 Å². The molecule has 0 saturated carbocycles. The van der Waals surface area contributed by atoms with Crippen LogP contribution in [0.2, 0.25) is 0 Å². The van der Waals surface area contributed by atoms with Gasteiger partial charge in [0.15, 0.2) is 10.8 Å². The second-order valence-corrected chi connectivity index (χ2v) is 6.22. The fraction of sp³-hybridized carbons (Fsp3) is 0.188. The Labute approximate surface area is 127 Å². The first-order chi connectivity index (χ1) is 10.2. The van der Waals surface area contributed by atoms with Crippen molar-refractivity contribution >= 4 is 22.6 Å². The van der Waals surface area contributed by atoms with Crippen LogP contribution < -0.4 is 15.1 Å². The maximum absolute atomic E-state index is 5.24. The summed E-state index contributed by atoms with van der Waals surface area (Å²) < 4.78 is 5.24. The van der Waals surface area contributed by atoms with Crippen LogP contribution in [0.25, 0.3) is 0 Å². The predicted octanol–water partition coefficient (Wildman–Crippen LogP) is 3.35. The van der Waals surface area contributed by atoms with Crippen molar-refractivity contribution in [2.24, 2.45) is 5.10 Å². The van der Waals surface area contributed by atoms with E-state index in [9.17, 15) is 0 Å². The molecule has 4 nitrogen and oxygen atoms in total. The van der Waals surface area contributed by atoms with Crippen LogP contribution in [0.3, 0.4) is 0 Å². The molecule has 2 aromatic rings. The van der Waals surface area contributed by atoms with E-state index in [0.29, 0.717) is 0 Å². The second-order valence-electron chi connectivity index (χ2n) is 5.21. The summed E-state index contributed by atoms with van der Waals surface area (Å²) in [6, 6.07) is 16.5. The number of fused-ring (bicyclic) bond motifs is 3. The summed E-state index contributed by atoms with van der Waals surface area (Å²) in [6.45, 7) is 2.15. The Morgan fingerprint density at radius 2 is 1.90 bits per heavy atom. The van der Waals surface area contributed by atoms with Crippen LogP contribution in [-0.2, 0) is 5.66 Å². The van der Waals surface area contributed by atoms with E-state index in [0.717, 1.165) is 16.5 Å². The van der Waals surface area contributed by atoms with E-state index < -0.39 is 0 Å².